The van der Waals surface area contributed by atoms with E-state index < -0.39 is 21.4 Å². The molecule has 12 heteroatoms. The van der Waals surface area contributed by atoms with Crippen LogP contribution in [0.4, 0.5) is 4.39 Å². The van der Waals surface area contributed by atoms with Gasteiger partial charge in [0, 0.05) is 24.3 Å². The van der Waals surface area contributed by atoms with Crippen molar-refractivity contribution in [3.63, 3.8) is 0 Å². The SMILES string of the molecule is COC(=O)[C@]12Cc3c(I)nn(-c4ccc(F)cc4)c3C[C@@H]1CCN(S(=O)(=O)c1ccc(Cl)c(Cl)c1)C2. The van der Waals surface area contributed by atoms with Crippen LogP contribution in [0.1, 0.15) is 17.7 Å². The van der Waals surface area contributed by atoms with Gasteiger partial charge in [0.1, 0.15) is 9.52 Å². The Morgan fingerprint density at radius 1 is 1.19 bits per heavy atom. The van der Waals surface area contributed by atoms with Crippen LogP contribution in [0.2, 0.25) is 10.0 Å². The van der Waals surface area contributed by atoms with Crippen LogP contribution in [0.3, 0.4) is 0 Å². The second-order valence-corrected chi connectivity index (χ2v) is 12.8. The number of benzene rings is 2. The molecular weight excluding hydrogens is 643 g/mol. The maximum absolute atomic E-state index is 13.5. The zero-order valence-electron chi connectivity index (χ0n) is 19.0. The first kappa shape index (κ1) is 25.9. The summed E-state index contributed by atoms with van der Waals surface area (Å²) in [5, 5.41) is 5.07. The smallest absolute Gasteiger partial charge is 0.313 e. The monoisotopic (exact) mass is 663 g/mol. The first-order chi connectivity index (χ1) is 17.1. The maximum atomic E-state index is 13.5. The summed E-state index contributed by atoms with van der Waals surface area (Å²) in [6, 6.07) is 10.3. The number of halogens is 4. The first-order valence-corrected chi connectivity index (χ1v) is 14.4. The summed E-state index contributed by atoms with van der Waals surface area (Å²) >= 11 is 14.2. The molecule has 2 heterocycles. The number of hydrogen-bond donors (Lipinski definition) is 0. The lowest BCUT2D eigenvalue weighted by molar-refractivity contribution is -0.160. The van der Waals surface area contributed by atoms with Crippen LogP contribution in [-0.4, -0.2) is 48.7 Å². The molecule has 1 fully saturated rings. The van der Waals surface area contributed by atoms with Gasteiger partial charge in [0.2, 0.25) is 10.0 Å². The molecule has 1 aliphatic carbocycles. The lowest BCUT2D eigenvalue weighted by Gasteiger charge is -2.48. The molecule has 0 unspecified atom stereocenters. The average molecular weight is 664 g/mol. The second kappa shape index (κ2) is 9.54. The van der Waals surface area contributed by atoms with E-state index in [2.05, 4.69) is 27.7 Å². The Morgan fingerprint density at radius 3 is 2.58 bits per heavy atom. The lowest BCUT2D eigenvalue weighted by Crippen LogP contribution is -2.58. The van der Waals surface area contributed by atoms with E-state index in [0.717, 1.165) is 16.9 Å². The van der Waals surface area contributed by atoms with Crippen LogP contribution in [0.15, 0.2) is 47.4 Å². The molecule has 3 aromatic rings. The van der Waals surface area contributed by atoms with Gasteiger partial charge in [-0.15, -0.1) is 0 Å². The van der Waals surface area contributed by atoms with Crippen molar-refractivity contribution < 1.29 is 22.3 Å². The molecule has 36 heavy (non-hydrogen) atoms. The molecule has 0 saturated carbocycles. The number of aromatic nitrogens is 2. The molecule has 2 atom stereocenters. The van der Waals surface area contributed by atoms with Crippen molar-refractivity contribution in [2.75, 3.05) is 20.2 Å². The van der Waals surface area contributed by atoms with Crippen molar-refractivity contribution in [1.82, 2.24) is 14.1 Å². The fourth-order valence-electron chi connectivity index (χ4n) is 5.28. The Labute approximate surface area is 231 Å². The van der Waals surface area contributed by atoms with Gasteiger partial charge >= 0.3 is 5.97 Å². The van der Waals surface area contributed by atoms with E-state index in [1.807, 2.05) is 0 Å². The Balaban J connectivity index is 1.54. The first-order valence-electron chi connectivity index (χ1n) is 11.1. The number of carbonyl (C=O) groups is 1. The summed E-state index contributed by atoms with van der Waals surface area (Å²) in [6.07, 6.45) is 1.26. The van der Waals surface area contributed by atoms with Gasteiger partial charge in [-0.3, -0.25) is 4.79 Å². The molecule has 0 amide bonds. The molecule has 7 nitrogen and oxygen atoms in total. The Kier molecular flexibility index (Phi) is 6.86. The van der Waals surface area contributed by atoms with E-state index in [9.17, 15) is 17.6 Å². The summed E-state index contributed by atoms with van der Waals surface area (Å²) in [4.78, 5) is 13.3. The van der Waals surface area contributed by atoms with Gasteiger partial charge in [0.25, 0.3) is 0 Å². The molecule has 2 aliphatic rings. The molecular formula is C24H21Cl2FIN3O4S. The number of carbonyl (C=O) groups excluding carboxylic acids is 1. The van der Waals surface area contributed by atoms with Gasteiger partial charge in [-0.25, -0.2) is 17.5 Å². The quantitative estimate of drug-likeness (QED) is 0.293. The Bertz CT molecular complexity index is 1460. The van der Waals surface area contributed by atoms with Crippen LogP contribution in [0.25, 0.3) is 5.69 Å². The number of methoxy groups -OCH3 is 1. The van der Waals surface area contributed by atoms with Gasteiger partial charge in [-0.2, -0.15) is 9.40 Å². The Morgan fingerprint density at radius 2 is 1.92 bits per heavy atom. The minimum absolute atomic E-state index is 0.0191. The molecule has 5 rings (SSSR count). The van der Waals surface area contributed by atoms with Crippen LogP contribution in [0, 0.1) is 20.9 Å². The van der Waals surface area contributed by atoms with Crippen LogP contribution in [-0.2, 0) is 32.4 Å². The van der Waals surface area contributed by atoms with Crippen LogP contribution < -0.4 is 0 Å². The fraction of sp³-hybridized carbons (Fsp3) is 0.333. The van der Waals surface area contributed by atoms with Crippen molar-refractivity contribution in [2.24, 2.45) is 11.3 Å². The summed E-state index contributed by atoms with van der Waals surface area (Å²) in [6.45, 7) is 0.216. The van der Waals surface area contributed by atoms with Crippen molar-refractivity contribution in [1.29, 1.82) is 0 Å². The highest BCUT2D eigenvalue weighted by Crippen LogP contribution is 2.48. The third kappa shape index (κ3) is 4.24. The minimum atomic E-state index is -3.94. The van der Waals surface area contributed by atoms with E-state index in [-0.39, 0.29) is 46.2 Å². The molecule has 0 N–H and O–H groups in total. The lowest BCUT2D eigenvalue weighted by atomic mass is 9.63. The number of piperidine rings is 1. The predicted octanol–water partition coefficient (Wildman–Crippen LogP) is 4.89. The third-order valence-electron chi connectivity index (χ3n) is 7.13. The second-order valence-electron chi connectivity index (χ2n) is 9.03. The standard InChI is InChI=1S/C24H21Cl2FIN3O4S/c1-35-23(32)24-12-18-21(31(29-22(18)28)16-4-2-15(27)3-5-16)10-14(24)8-9-30(13-24)36(33,34)17-6-7-19(25)20(26)11-17/h2-7,11,14H,8-10,12-13H2,1H3/t14-,24-/m0/s1. The highest BCUT2D eigenvalue weighted by atomic mass is 127. The van der Waals surface area contributed by atoms with Gasteiger partial charge in [-0.1, -0.05) is 23.2 Å². The van der Waals surface area contributed by atoms with E-state index in [1.165, 1.54) is 41.7 Å². The van der Waals surface area contributed by atoms with Gasteiger partial charge < -0.3 is 4.74 Å². The maximum Gasteiger partial charge on any atom is 0.313 e. The zero-order valence-corrected chi connectivity index (χ0v) is 23.5. The zero-order chi connectivity index (χ0) is 25.8. The number of esters is 1. The van der Waals surface area contributed by atoms with E-state index in [1.54, 1.807) is 16.8 Å². The molecule has 0 bridgehead atoms. The summed E-state index contributed by atoms with van der Waals surface area (Å²) in [5.41, 5.74) is 1.47. The summed E-state index contributed by atoms with van der Waals surface area (Å²) < 4.78 is 49.6. The Hall–Kier alpha value is -1.73. The summed E-state index contributed by atoms with van der Waals surface area (Å²) in [7, 11) is -2.61. The normalized spacial score (nSPS) is 22.1. The van der Waals surface area contributed by atoms with Gasteiger partial charge in [0.05, 0.1) is 33.2 Å². The van der Waals surface area contributed by atoms with E-state index in [4.69, 9.17) is 27.9 Å². The fourth-order valence-corrected chi connectivity index (χ4v) is 7.91. The number of fused-ring (bicyclic) bond motifs is 2. The van der Waals surface area contributed by atoms with Crippen molar-refractivity contribution in [2.45, 2.75) is 24.2 Å². The van der Waals surface area contributed by atoms with Gasteiger partial charge in [-0.05, 0) is 90.2 Å². The van der Waals surface area contributed by atoms with Gasteiger partial charge in [0.15, 0.2) is 0 Å². The van der Waals surface area contributed by atoms with Crippen molar-refractivity contribution in [3.05, 3.63) is 73.3 Å². The topological polar surface area (TPSA) is 81.5 Å². The largest absolute Gasteiger partial charge is 0.469 e. The number of nitrogens with zero attached hydrogens (tertiary/aromatic N) is 3. The molecule has 1 saturated heterocycles. The van der Waals surface area contributed by atoms with Crippen LogP contribution >= 0.6 is 45.8 Å². The van der Waals surface area contributed by atoms with E-state index in [0.29, 0.717) is 16.5 Å². The summed E-state index contributed by atoms with van der Waals surface area (Å²) in [5.74, 6) is -0.948. The number of ether oxygens (including phenoxy) is 1. The molecule has 0 spiro atoms. The highest BCUT2D eigenvalue weighted by Gasteiger charge is 2.55. The van der Waals surface area contributed by atoms with Crippen molar-refractivity contribution >= 4 is 61.8 Å². The van der Waals surface area contributed by atoms with E-state index >= 15 is 0 Å². The van der Waals surface area contributed by atoms with Crippen molar-refractivity contribution in [3.8, 4) is 5.69 Å². The molecule has 1 aromatic heterocycles. The molecule has 190 valence electrons. The highest BCUT2D eigenvalue weighted by molar-refractivity contribution is 14.1. The van der Waals surface area contributed by atoms with Crippen LogP contribution in [0.5, 0.6) is 0 Å². The minimum Gasteiger partial charge on any atom is -0.469 e. The third-order valence-corrected chi connectivity index (χ3v) is 10.6. The molecule has 2 aromatic carbocycles. The number of hydrogen-bond acceptors (Lipinski definition) is 5. The molecule has 1 aliphatic heterocycles. The number of rotatable bonds is 4. The average Bonchev–Trinajstić information content (AvgIpc) is 3.18. The number of sulfonamides is 1. The molecule has 0 radical (unpaired) electrons. The predicted molar refractivity (Wildman–Crippen MR) is 141 cm³/mol.